The Balaban J connectivity index is 3.13. The van der Waals surface area contributed by atoms with Crippen LogP contribution in [0.5, 0.6) is 0 Å². The van der Waals surface area contributed by atoms with E-state index in [-0.39, 0.29) is 5.41 Å². The van der Waals surface area contributed by atoms with Crippen molar-refractivity contribution in [2.45, 2.75) is 33.7 Å². The van der Waals surface area contributed by atoms with Crippen LogP contribution in [0.15, 0.2) is 22.7 Å². The molecule has 1 atom stereocenters. The van der Waals surface area contributed by atoms with Gasteiger partial charge in [0, 0.05) is 10.5 Å². The molecule has 0 aliphatic rings. The molecule has 0 saturated heterocycles. The maximum absolute atomic E-state index is 3.64. The summed E-state index contributed by atoms with van der Waals surface area (Å²) in [5.74, 6) is 0. The minimum atomic E-state index is 0.215. The third kappa shape index (κ3) is 3.05. The second kappa shape index (κ2) is 4.67. The monoisotopic (exact) mass is 269 g/mol. The molecule has 0 amide bonds. The summed E-state index contributed by atoms with van der Waals surface area (Å²) in [4.78, 5) is 0. The Bertz CT molecular complexity index is 339. The zero-order chi connectivity index (χ0) is 11.6. The van der Waals surface area contributed by atoms with Crippen molar-refractivity contribution in [3.63, 3.8) is 0 Å². The normalized spacial score (nSPS) is 14.0. The fourth-order valence-electron chi connectivity index (χ4n) is 1.92. The summed E-state index contributed by atoms with van der Waals surface area (Å²) in [7, 11) is 2.02. The van der Waals surface area contributed by atoms with E-state index in [4.69, 9.17) is 0 Å². The van der Waals surface area contributed by atoms with E-state index < -0.39 is 0 Å². The molecule has 0 radical (unpaired) electrons. The maximum Gasteiger partial charge on any atom is 0.0378 e. The van der Waals surface area contributed by atoms with Crippen molar-refractivity contribution in [3.05, 3.63) is 33.8 Å². The lowest BCUT2D eigenvalue weighted by Gasteiger charge is -2.31. The number of hydrogen-bond donors (Lipinski definition) is 1. The molecule has 1 nitrogen and oxygen atoms in total. The molecule has 0 bridgehead atoms. The molecule has 0 aliphatic heterocycles. The average molecular weight is 270 g/mol. The second-order valence-corrected chi connectivity index (χ2v) is 5.97. The lowest BCUT2D eigenvalue weighted by molar-refractivity contribution is 0.286. The molecule has 1 aromatic rings. The molecule has 0 spiro atoms. The molecule has 1 aromatic carbocycles. The number of hydrogen-bond acceptors (Lipinski definition) is 1. The Kier molecular flexibility index (Phi) is 3.96. The van der Waals surface area contributed by atoms with Crippen LogP contribution in [-0.4, -0.2) is 7.05 Å². The van der Waals surface area contributed by atoms with Crippen LogP contribution >= 0.6 is 15.9 Å². The number of benzene rings is 1. The highest BCUT2D eigenvalue weighted by Crippen LogP contribution is 2.36. The van der Waals surface area contributed by atoms with E-state index in [0.717, 1.165) is 0 Å². The molecule has 0 heterocycles. The number of nitrogens with one attached hydrogen (secondary N) is 1. The Morgan fingerprint density at radius 3 is 2.27 bits per heavy atom. The van der Waals surface area contributed by atoms with Crippen LogP contribution < -0.4 is 5.32 Å². The average Bonchev–Trinajstić information content (AvgIpc) is 2.07. The number of halogens is 1. The Morgan fingerprint density at radius 1 is 1.27 bits per heavy atom. The predicted octanol–water partition coefficient (Wildman–Crippen LogP) is 4.06. The van der Waals surface area contributed by atoms with E-state index in [2.05, 4.69) is 67.1 Å². The summed E-state index contributed by atoms with van der Waals surface area (Å²) in [5.41, 5.74) is 2.83. The molecule has 0 aromatic heterocycles. The zero-order valence-electron chi connectivity index (χ0n) is 10.2. The van der Waals surface area contributed by atoms with Gasteiger partial charge in [0.15, 0.2) is 0 Å². The fourth-order valence-corrected chi connectivity index (χ4v) is 2.64. The maximum atomic E-state index is 3.64. The van der Waals surface area contributed by atoms with Crippen LogP contribution in [0.4, 0.5) is 0 Å². The van der Waals surface area contributed by atoms with Crippen molar-refractivity contribution < 1.29 is 0 Å². The lowest BCUT2D eigenvalue weighted by Crippen LogP contribution is -2.29. The third-order valence-corrected chi connectivity index (χ3v) is 3.31. The predicted molar refractivity (Wildman–Crippen MR) is 70.1 cm³/mol. The minimum Gasteiger partial charge on any atom is -0.313 e. The van der Waals surface area contributed by atoms with E-state index >= 15 is 0 Å². The van der Waals surface area contributed by atoms with E-state index in [1.807, 2.05) is 7.05 Å². The molecule has 1 rings (SSSR count). The van der Waals surface area contributed by atoms with Crippen LogP contribution in [-0.2, 0) is 0 Å². The zero-order valence-corrected chi connectivity index (χ0v) is 11.8. The van der Waals surface area contributed by atoms with Gasteiger partial charge in [0.05, 0.1) is 0 Å². The Morgan fingerprint density at radius 2 is 1.87 bits per heavy atom. The highest BCUT2D eigenvalue weighted by molar-refractivity contribution is 9.10. The van der Waals surface area contributed by atoms with E-state index in [1.54, 1.807) is 0 Å². The van der Waals surface area contributed by atoms with Gasteiger partial charge in [0.2, 0.25) is 0 Å². The highest BCUT2D eigenvalue weighted by Gasteiger charge is 2.25. The van der Waals surface area contributed by atoms with Gasteiger partial charge >= 0.3 is 0 Å². The van der Waals surface area contributed by atoms with Crippen LogP contribution in [0, 0.1) is 12.3 Å². The van der Waals surface area contributed by atoms with Gasteiger partial charge in [-0.25, -0.2) is 0 Å². The summed E-state index contributed by atoms with van der Waals surface area (Å²) in [6.45, 7) is 8.86. The summed E-state index contributed by atoms with van der Waals surface area (Å²) in [5, 5.41) is 3.39. The topological polar surface area (TPSA) is 12.0 Å². The largest absolute Gasteiger partial charge is 0.313 e. The first-order valence-corrected chi connectivity index (χ1v) is 6.09. The number of aryl methyl sites for hydroxylation is 1. The first kappa shape index (κ1) is 12.7. The molecule has 15 heavy (non-hydrogen) atoms. The van der Waals surface area contributed by atoms with Crippen molar-refractivity contribution in [2.24, 2.45) is 5.41 Å². The summed E-state index contributed by atoms with van der Waals surface area (Å²) in [6.07, 6.45) is 0. The van der Waals surface area contributed by atoms with Gasteiger partial charge in [-0.3, -0.25) is 0 Å². The van der Waals surface area contributed by atoms with E-state index in [1.165, 1.54) is 15.6 Å². The van der Waals surface area contributed by atoms with E-state index in [0.29, 0.717) is 6.04 Å². The van der Waals surface area contributed by atoms with Crippen molar-refractivity contribution in [1.82, 2.24) is 5.32 Å². The number of rotatable bonds is 2. The van der Waals surface area contributed by atoms with Crippen LogP contribution in [0.1, 0.15) is 37.9 Å². The summed E-state index contributed by atoms with van der Waals surface area (Å²) >= 11 is 3.64. The van der Waals surface area contributed by atoms with Gasteiger partial charge in [-0.2, -0.15) is 0 Å². The second-order valence-electron chi connectivity index (χ2n) is 5.11. The summed E-state index contributed by atoms with van der Waals surface area (Å²) in [6, 6.07) is 6.90. The fraction of sp³-hybridized carbons (Fsp3) is 0.538. The van der Waals surface area contributed by atoms with Gasteiger partial charge in [-0.15, -0.1) is 0 Å². The van der Waals surface area contributed by atoms with Gasteiger partial charge in [0.25, 0.3) is 0 Å². The van der Waals surface area contributed by atoms with Crippen molar-refractivity contribution in [1.29, 1.82) is 0 Å². The van der Waals surface area contributed by atoms with E-state index in [9.17, 15) is 0 Å². The van der Waals surface area contributed by atoms with Crippen LogP contribution in [0.25, 0.3) is 0 Å². The molecular weight excluding hydrogens is 250 g/mol. The van der Waals surface area contributed by atoms with Gasteiger partial charge in [-0.05, 0) is 36.6 Å². The van der Waals surface area contributed by atoms with Gasteiger partial charge < -0.3 is 5.32 Å². The van der Waals surface area contributed by atoms with Gasteiger partial charge in [0.1, 0.15) is 0 Å². The molecule has 2 heteroatoms. The first-order chi connectivity index (χ1) is 6.86. The molecule has 0 saturated carbocycles. The van der Waals surface area contributed by atoms with Crippen molar-refractivity contribution in [3.8, 4) is 0 Å². The Labute approximate surface area is 101 Å². The van der Waals surface area contributed by atoms with Crippen molar-refractivity contribution >= 4 is 15.9 Å². The molecular formula is C13H20BrN. The quantitative estimate of drug-likeness (QED) is 0.854. The smallest absolute Gasteiger partial charge is 0.0378 e. The summed E-state index contributed by atoms with van der Waals surface area (Å²) < 4.78 is 1.19. The SMILES string of the molecule is CNC(c1ccc(C)cc1Br)C(C)(C)C. The molecule has 1 N–H and O–H groups in total. The molecule has 0 fully saturated rings. The Hall–Kier alpha value is -0.340. The standard InChI is InChI=1S/C13H20BrN/c1-9-6-7-10(11(14)8-9)12(15-5)13(2,3)4/h6-8,12,15H,1-5H3. The first-order valence-electron chi connectivity index (χ1n) is 5.29. The van der Waals surface area contributed by atoms with Crippen LogP contribution in [0.3, 0.4) is 0 Å². The molecule has 84 valence electrons. The van der Waals surface area contributed by atoms with Gasteiger partial charge in [-0.1, -0.05) is 48.8 Å². The lowest BCUT2D eigenvalue weighted by atomic mass is 9.82. The third-order valence-electron chi connectivity index (χ3n) is 2.62. The van der Waals surface area contributed by atoms with Crippen molar-refractivity contribution in [2.75, 3.05) is 7.05 Å². The molecule has 1 unspecified atom stereocenters. The highest BCUT2D eigenvalue weighted by atomic mass is 79.9. The van der Waals surface area contributed by atoms with Crippen LogP contribution in [0.2, 0.25) is 0 Å². The minimum absolute atomic E-state index is 0.215. The molecule has 0 aliphatic carbocycles.